The molecule has 6 heteroatoms. The number of H-pyrrole nitrogens is 1. The lowest BCUT2D eigenvalue weighted by atomic mass is 10.0. The zero-order valence-corrected chi connectivity index (χ0v) is 10.6. The predicted octanol–water partition coefficient (Wildman–Crippen LogP) is 4.12. The van der Waals surface area contributed by atoms with Gasteiger partial charge >= 0.3 is 6.18 Å². The minimum Gasteiger partial charge on any atom is -0.360 e. The number of fused-ring (bicyclic) bond motifs is 1. The average molecular weight is 287 g/mol. The third-order valence-electron chi connectivity index (χ3n) is 3.18. The lowest BCUT2D eigenvalue weighted by Gasteiger charge is -2.10. The molecule has 0 radical (unpaired) electrons. The number of alkyl halides is 3. The lowest BCUT2D eigenvalue weighted by Crippen LogP contribution is -2.08. The number of rotatable bonds is 1. The monoisotopic (exact) mass is 287 g/mol. The van der Waals surface area contributed by atoms with Gasteiger partial charge < -0.3 is 4.98 Å². The van der Waals surface area contributed by atoms with Crippen LogP contribution in [0, 0.1) is 11.3 Å². The Balaban J connectivity index is 2.29. The first-order chi connectivity index (χ1) is 10.0. The highest BCUT2D eigenvalue weighted by Gasteiger charge is 2.34. The number of nitriles is 1. The molecule has 0 bridgehead atoms. The molecule has 0 amide bonds. The Morgan fingerprint density at radius 2 is 2.00 bits per heavy atom. The molecule has 1 aromatic carbocycles. The van der Waals surface area contributed by atoms with E-state index in [1.54, 1.807) is 18.2 Å². The smallest absolute Gasteiger partial charge is 0.360 e. The van der Waals surface area contributed by atoms with Gasteiger partial charge in [-0.1, -0.05) is 0 Å². The van der Waals surface area contributed by atoms with Gasteiger partial charge in [0.2, 0.25) is 0 Å². The fourth-order valence-corrected chi connectivity index (χ4v) is 2.23. The van der Waals surface area contributed by atoms with Crippen LogP contribution in [0.4, 0.5) is 13.2 Å². The number of nitrogens with one attached hydrogen (secondary N) is 1. The van der Waals surface area contributed by atoms with Crippen molar-refractivity contribution < 1.29 is 13.2 Å². The Hall–Kier alpha value is -2.81. The first-order valence-corrected chi connectivity index (χ1v) is 6.04. The molecule has 2 aromatic heterocycles. The molecule has 0 aliphatic rings. The molecule has 2 heterocycles. The summed E-state index contributed by atoms with van der Waals surface area (Å²) >= 11 is 0. The van der Waals surface area contributed by atoms with Crippen molar-refractivity contribution in [3.63, 3.8) is 0 Å². The normalized spacial score (nSPS) is 11.5. The Morgan fingerprint density at radius 3 is 2.71 bits per heavy atom. The fourth-order valence-electron chi connectivity index (χ4n) is 2.23. The van der Waals surface area contributed by atoms with Gasteiger partial charge in [0.1, 0.15) is 0 Å². The summed E-state index contributed by atoms with van der Waals surface area (Å²) < 4.78 is 39.2. The molecular formula is C15H8F3N3. The van der Waals surface area contributed by atoms with Gasteiger partial charge in [0.25, 0.3) is 0 Å². The van der Waals surface area contributed by atoms with Crippen molar-refractivity contribution in [2.45, 2.75) is 6.18 Å². The number of halogens is 3. The van der Waals surface area contributed by atoms with Crippen LogP contribution in [0.25, 0.3) is 22.2 Å². The summed E-state index contributed by atoms with van der Waals surface area (Å²) in [7, 11) is 0. The second-order valence-corrected chi connectivity index (χ2v) is 4.47. The van der Waals surface area contributed by atoms with Gasteiger partial charge in [0, 0.05) is 28.9 Å². The zero-order valence-electron chi connectivity index (χ0n) is 10.6. The summed E-state index contributed by atoms with van der Waals surface area (Å²) in [5, 5.41) is 9.46. The molecule has 0 aliphatic carbocycles. The van der Waals surface area contributed by atoms with Crippen LogP contribution in [0.3, 0.4) is 0 Å². The lowest BCUT2D eigenvalue weighted by molar-refractivity contribution is -0.137. The number of pyridine rings is 1. The second kappa shape index (κ2) is 4.63. The Morgan fingerprint density at radius 1 is 1.19 bits per heavy atom. The van der Waals surface area contributed by atoms with Crippen molar-refractivity contribution in [3.05, 3.63) is 53.9 Å². The molecule has 1 N–H and O–H groups in total. The Kier molecular flexibility index (Phi) is 2.91. The highest BCUT2D eigenvalue weighted by molar-refractivity contribution is 5.96. The van der Waals surface area contributed by atoms with Crippen molar-refractivity contribution in [2.24, 2.45) is 0 Å². The number of aromatic nitrogens is 2. The van der Waals surface area contributed by atoms with Crippen molar-refractivity contribution in [1.82, 2.24) is 9.97 Å². The molecule has 0 unspecified atom stereocenters. The molecule has 0 spiro atoms. The van der Waals surface area contributed by atoms with E-state index in [0.717, 1.165) is 6.07 Å². The summed E-state index contributed by atoms with van der Waals surface area (Å²) in [5.74, 6) is 0. The summed E-state index contributed by atoms with van der Waals surface area (Å²) in [6.45, 7) is 0. The van der Waals surface area contributed by atoms with Crippen LogP contribution in [0.2, 0.25) is 0 Å². The number of nitrogens with zero attached hydrogens (tertiary/aromatic N) is 2. The van der Waals surface area contributed by atoms with Crippen LogP contribution in [0.15, 0.2) is 42.7 Å². The second-order valence-electron chi connectivity index (χ2n) is 4.47. The highest BCUT2D eigenvalue weighted by Crippen LogP contribution is 2.38. The van der Waals surface area contributed by atoms with Gasteiger partial charge in [-0.15, -0.1) is 0 Å². The predicted molar refractivity (Wildman–Crippen MR) is 71.2 cm³/mol. The largest absolute Gasteiger partial charge is 0.418 e. The van der Waals surface area contributed by atoms with Crippen LogP contribution >= 0.6 is 0 Å². The maximum absolute atomic E-state index is 13.1. The van der Waals surface area contributed by atoms with Gasteiger partial charge in [0.05, 0.1) is 22.9 Å². The molecule has 0 saturated heterocycles. The third kappa shape index (κ3) is 2.23. The molecular weight excluding hydrogens is 279 g/mol. The minimum atomic E-state index is -4.49. The average Bonchev–Trinajstić information content (AvgIpc) is 2.89. The zero-order chi connectivity index (χ0) is 15.0. The standard InChI is InChI=1S/C15H8F3N3/c16-15(17,18)12-2-1-5-20-14(12)11-8-21-13-4-3-9(7-19)6-10(11)13/h1-6,8,21H. The topological polar surface area (TPSA) is 52.5 Å². The summed E-state index contributed by atoms with van der Waals surface area (Å²) in [6.07, 6.45) is -1.69. The van der Waals surface area contributed by atoms with Gasteiger partial charge in [-0.3, -0.25) is 4.98 Å². The fraction of sp³-hybridized carbons (Fsp3) is 0.0667. The summed E-state index contributed by atoms with van der Waals surface area (Å²) in [5.41, 5.74) is 0.422. The number of benzene rings is 1. The van der Waals surface area contributed by atoms with E-state index < -0.39 is 11.7 Å². The SMILES string of the molecule is N#Cc1ccc2[nH]cc(-c3ncccc3C(F)(F)F)c2c1. The summed E-state index contributed by atoms with van der Waals surface area (Å²) in [4.78, 5) is 6.77. The van der Waals surface area contributed by atoms with E-state index in [1.807, 2.05) is 6.07 Å². The number of hydrogen-bond acceptors (Lipinski definition) is 2. The maximum Gasteiger partial charge on any atom is 0.418 e. The molecule has 3 rings (SSSR count). The van der Waals surface area contributed by atoms with Crippen LogP contribution < -0.4 is 0 Å². The van der Waals surface area contributed by atoms with Gasteiger partial charge in [-0.2, -0.15) is 18.4 Å². The van der Waals surface area contributed by atoms with E-state index in [4.69, 9.17) is 5.26 Å². The molecule has 0 atom stereocenters. The Bertz CT molecular complexity index is 856. The molecule has 0 fully saturated rings. The van der Waals surface area contributed by atoms with Crippen molar-refractivity contribution in [3.8, 4) is 17.3 Å². The van der Waals surface area contributed by atoms with E-state index in [0.29, 0.717) is 22.0 Å². The van der Waals surface area contributed by atoms with Crippen LogP contribution in [-0.4, -0.2) is 9.97 Å². The molecule has 0 aliphatic heterocycles. The van der Waals surface area contributed by atoms with Crippen molar-refractivity contribution >= 4 is 10.9 Å². The van der Waals surface area contributed by atoms with Gasteiger partial charge in [0.15, 0.2) is 0 Å². The number of aromatic amines is 1. The van der Waals surface area contributed by atoms with Gasteiger partial charge in [-0.25, -0.2) is 0 Å². The number of hydrogen-bond donors (Lipinski definition) is 1. The van der Waals surface area contributed by atoms with Crippen LogP contribution in [-0.2, 0) is 6.18 Å². The molecule has 21 heavy (non-hydrogen) atoms. The van der Waals surface area contributed by atoms with E-state index >= 15 is 0 Å². The first-order valence-electron chi connectivity index (χ1n) is 6.04. The maximum atomic E-state index is 13.1. The van der Waals surface area contributed by atoms with E-state index in [9.17, 15) is 13.2 Å². The highest BCUT2D eigenvalue weighted by atomic mass is 19.4. The quantitative estimate of drug-likeness (QED) is 0.732. The molecule has 0 saturated carbocycles. The molecule has 104 valence electrons. The van der Waals surface area contributed by atoms with Crippen LogP contribution in [0.5, 0.6) is 0 Å². The van der Waals surface area contributed by atoms with Crippen LogP contribution in [0.1, 0.15) is 11.1 Å². The summed E-state index contributed by atoms with van der Waals surface area (Å²) in [6, 6.07) is 9.04. The van der Waals surface area contributed by atoms with Crippen molar-refractivity contribution in [1.29, 1.82) is 5.26 Å². The van der Waals surface area contributed by atoms with Gasteiger partial charge in [-0.05, 0) is 30.3 Å². The van der Waals surface area contributed by atoms with Crippen molar-refractivity contribution in [2.75, 3.05) is 0 Å². The molecule has 3 aromatic rings. The van der Waals surface area contributed by atoms with E-state index in [2.05, 4.69) is 9.97 Å². The van der Waals surface area contributed by atoms with E-state index in [1.165, 1.54) is 18.5 Å². The Labute approximate surface area is 117 Å². The van der Waals surface area contributed by atoms with E-state index in [-0.39, 0.29) is 5.69 Å². The minimum absolute atomic E-state index is 0.147. The first kappa shape index (κ1) is 13.2. The third-order valence-corrected chi connectivity index (χ3v) is 3.18. The molecule has 3 nitrogen and oxygen atoms in total.